The summed E-state index contributed by atoms with van der Waals surface area (Å²) in [5.74, 6) is -0.621. The molecule has 0 saturated carbocycles. The lowest BCUT2D eigenvalue weighted by molar-refractivity contribution is 0.00578. The second kappa shape index (κ2) is 45.8. The van der Waals surface area contributed by atoms with Gasteiger partial charge in [-0.25, -0.2) is 18.5 Å². The van der Waals surface area contributed by atoms with Crippen molar-refractivity contribution in [2.24, 2.45) is 0 Å². The molecular formula is C128H117B3Br4F2N6O6. The molecule has 0 N–H and O–H groups in total. The van der Waals surface area contributed by atoms with Crippen molar-refractivity contribution in [1.29, 1.82) is 5.26 Å². The second-order valence-corrected chi connectivity index (χ2v) is 43.5. The third-order valence-electron chi connectivity index (χ3n) is 28.4. The predicted octanol–water partition coefficient (Wildman–Crippen LogP) is 36.4. The molecule has 0 bridgehead atoms. The molecule has 0 amide bonds. The van der Waals surface area contributed by atoms with Crippen molar-refractivity contribution < 1.29 is 38.1 Å². The van der Waals surface area contributed by atoms with Crippen LogP contribution in [0.3, 0.4) is 0 Å². The molecule has 21 heteroatoms. The van der Waals surface area contributed by atoms with Crippen LogP contribution in [-0.2, 0) is 40.8 Å². The lowest BCUT2D eigenvalue weighted by Crippen LogP contribution is -2.41. The maximum absolute atomic E-state index is 13.1. The van der Waals surface area contributed by atoms with Crippen molar-refractivity contribution in [1.82, 2.24) is 13.7 Å². The number of fused-ring (bicyclic) bond motifs is 15. The Morgan fingerprint density at radius 3 is 0.899 bits per heavy atom. The topological polar surface area (TPSA) is 103 Å². The van der Waals surface area contributed by atoms with E-state index >= 15 is 0 Å². The van der Waals surface area contributed by atoms with Gasteiger partial charge in [-0.2, -0.15) is 5.26 Å². The molecule has 6 heterocycles. The summed E-state index contributed by atoms with van der Waals surface area (Å²) in [7, 11) is -1.07. The second-order valence-electron chi connectivity index (χ2n) is 39.8. The Morgan fingerprint density at radius 1 is 0.302 bits per heavy atom. The molecule has 3 aromatic heterocycles. The summed E-state index contributed by atoms with van der Waals surface area (Å²) in [6, 6.07) is 135. The van der Waals surface area contributed by atoms with Crippen molar-refractivity contribution in [3.8, 4) is 67.6 Å². The number of aromatic nitrogens is 3. The van der Waals surface area contributed by atoms with E-state index < -0.39 is 24.1 Å². The molecule has 12 nitrogen and oxygen atoms in total. The molecule has 20 aromatic rings. The van der Waals surface area contributed by atoms with Gasteiger partial charge in [0.25, 0.3) is 0 Å². The fourth-order valence-corrected chi connectivity index (χ4v) is 21.1. The molecule has 0 atom stereocenters. The Kier molecular flexibility index (Phi) is 33.2. The zero-order chi connectivity index (χ0) is 103. The van der Waals surface area contributed by atoms with Crippen LogP contribution < -0.4 is 5.46 Å². The Hall–Kier alpha value is -13.7. The van der Waals surface area contributed by atoms with Crippen LogP contribution >= 0.6 is 63.7 Å². The molecule has 0 spiro atoms. The number of hydrogen-bond acceptors (Lipinski definition) is 7. The van der Waals surface area contributed by atoms with Crippen molar-refractivity contribution in [2.45, 2.75) is 151 Å². The molecular weight excluding hydrogens is 2110 g/mol. The molecule has 3 saturated heterocycles. The van der Waals surface area contributed by atoms with E-state index in [-0.39, 0.29) is 58.7 Å². The minimum atomic E-state index is -0.511. The van der Waals surface area contributed by atoms with Gasteiger partial charge in [0.15, 0.2) is 11.4 Å². The van der Waals surface area contributed by atoms with Crippen molar-refractivity contribution >= 4 is 167 Å². The minimum Gasteiger partial charge on any atom is -0.404 e. The van der Waals surface area contributed by atoms with E-state index in [0.717, 1.165) is 82.0 Å². The van der Waals surface area contributed by atoms with E-state index in [2.05, 4.69) is 415 Å². The van der Waals surface area contributed by atoms with Crippen LogP contribution in [-0.4, -0.2) is 68.7 Å². The first-order valence-corrected chi connectivity index (χ1v) is 52.1. The smallest absolute Gasteiger partial charge is 0.404 e. The Morgan fingerprint density at radius 2 is 0.570 bits per heavy atom. The fraction of sp³-hybridized carbons (Fsp3) is 0.180. The largest absolute Gasteiger partial charge is 0.493 e. The summed E-state index contributed by atoms with van der Waals surface area (Å²) in [4.78, 5) is 7.30. The molecule has 0 unspecified atom stereocenters. The van der Waals surface area contributed by atoms with Crippen LogP contribution in [0.4, 0.5) is 20.2 Å². The van der Waals surface area contributed by atoms with Crippen LogP contribution in [0.1, 0.15) is 127 Å². The zero-order valence-electron chi connectivity index (χ0n) is 83.8. The predicted molar refractivity (Wildman–Crippen MR) is 632 cm³/mol. The summed E-state index contributed by atoms with van der Waals surface area (Å²) < 4.78 is 72.1. The Bertz CT molecular complexity index is 7990. The molecule has 3 aliphatic heterocycles. The van der Waals surface area contributed by atoms with E-state index in [1.807, 2.05) is 125 Å². The molecule has 0 radical (unpaired) electrons. The first-order valence-electron chi connectivity index (χ1n) is 48.9. The average molecular weight is 2230 g/mol. The van der Waals surface area contributed by atoms with Gasteiger partial charge < -0.3 is 41.6 Å². The third-order valence-corrected chi connectivity index (χ3v) is 30.3. The van der Waals surface area contributed by atoms with Crippen molar-refractivity contribution in [3.05, 3.63) is 474 Å². The first kappa shape index (κ1) is 108. The van der Waals surface area contributed by atoms with Crippen molar-refractivity contribution in [2.75, 3.05) is 0 Å². The van der Waals surface area contributed by atoms with Crippen LogP contribution in [0.5, 0.6) is 0 Å². The van der Waals surface area contributed by atoms with E-state index in [9.17, 15) is 8.78 Å². The SMILES string of the molecule is Brc1cc(-c2ccccc2)cc(-n2c3ccccc3c3ccccc32)c1.C.C.CC1(C)OB(CB2OC(C)(C)C(C)(C)O2)OC1(C)C.Fc1cc(Br)cc(-c2ccccc2)c1.N#Cc1cc(F)cc(Br)c1.[2HH].[C-]#[N+]c1cc(B2OC(C)(C)C(C)(C)O2)cc(-n2c3ccccc3c3ccccc32)c1.[C-]#[N+]c1cc(Br)cc(-n2c3ccccc3c3ccccc32)c1.c1ccc2c(c1)Cc1ccccc1-2.c1ccc2c(c1)Cc1ccccc1-2. The number of nitrogens with zero attached hydrogens (tertiary/aromatic N) is 6. The molecule has 3 fully saturated rings. The van der Waals surface area contributed by atoms with Gasteiger partial charge in [-0.1, -0.05) is 352 Å². The highest BCUT2D eigenvalue weighted by atomic mass is 79.9. The van der Waals surface area contributed by atoms with E-state index in [0.29, 0.717) is 27.6 Å². The van der Waals surface area contributed by atoms with Gasteiger partial charge in [0.2, 0.25) is 0 Å². The van der Waals surface area contributed by atoms with Gasteiger partial charge in [0.1, 0.15) is 11.6 Å². The normalized spacial score (nSPS) is 14.7. The summed E-state index contributed by atoms with van der Waals surface area (Å²) in [5, 5.41) is 15.7. The van der Waals surface area contributed by atoms with Crippen molar-refractivity contribution in [3.63, 3.8) is 0 Å². The molecule has 25 rings (SSSR count). The monoisotopic (exact) mass is 2220 g/mol. The summed E-state index contributed by atoms with van der Waals surface area (Å²) in [6.45, 7) is 39.5. The first-order chi connectivity index (χ1) is 70.6. The number of para-hydroxylation sites is 6. The molecule has 746 valence electrons. The number of nitriles is 1. The third kappa shape index (κ3) is 23.7. The minimum absolute atomic E-state index is 0. The molecule has 17 aromatic carbocycles. The van der Waals surface area contributed by atoms with Gasteiger partial charge in [-0.15, -0.1) is 0 Å². The number of benzene rings is 17. The highest BCUT2D eigenvalue weighted by molar-refractivity contribution is 9.11. The summed E-state index contributed by atoms with van der Waals surface area (Å²) in [6.07, 6.45) is 2.80. The maximum Gasteiger partial charge on any atom is 0.493 e. The maximum atomic E-state index is 13.1. The van der Waals surface area contributed by atoms with Gasteiger partial charge >= 0.3 is 21.4 Å². The van der Waals surface area contributed by atoms with E-state index in [1.54, 1.807) is 6.07 Å². The molecule has 2 aliphatic carbocycles. The van der Waals surface area contributed by atoms with Crippen LogP contribution in [0.15, 0.2) is 412 Å². The summed E-state index contributed by atoms with van der Waals surface area (Å²) in [5.41, 5.74) is 26.2. The molecule has 149 heavy (non-hydrogen) atoms. The standard InChI is InChI=1S/C25H23BN2O2.C24H16BrN.C19H11BrN2.C13H26B2O4.2C13H10.C12H8BrF.C7H3BrFN.2CH4.H2/c1-24(2)25(3,4)30-26(29-24)17-14-18(27-5)16-19(15-17)28-22-12-8-6-10-20(22)21-11-7-9-13-23(21)28;25-19-14-18(17-8-2-1-3-9-17)15-20(16-19)26-23-12-6-4-10-21(23)22-11-5-7-13-24(22)26;1-21-14-10-13(20)11-15(12-14)22-18-8-4-2-6-16(18)17-7-3-5-9-19(17)22;1-10(2)11(3,4)17-14(16-10)9-15-18-12(5,6)13(7,8)19-15;2*1-3-7-12-10(5-1)9-11-6-2-4-8-13(11)12;13-11-6-10(7-12(14)8-11)9-4-2-1-3-5-9;8-6-1-5(4-10)2-7(9)3-6;;;/h6-16H,1-4H3;1-16H;2-12H;9H2,1-8H3;2*1-8H,9H2;1-8H;1-3H;2*1H4;1H/i;;;;;;;;;;1+1. The van der Waals surface area contributed by atoms with Gasteiger partial charge in [0.05, 0.1) is 91.5 Å². The molecule has 5 aliphatic rings. The lowest BCUT2D eigenvalue weighted by Gasteiger charge is -2.32. The van der Waals surface area contributed by atoms with E-state index in [1.165, 1.54) is 123 Å². The Balaban J connectivity index is 0.000000131. The van der Waals surface area contributed by atoms with Crippen LogP contribution in [0, 0.1) is 36.1 Å². The van der Waals surface area contributed by atoms with Crippen LogP contribution in [0.2, 0.25) is 6.22 Å². The average Bonchev–Trinajstić information content (AvgIpc) is 1.60. The quantitative estimate of drug-likeness (QED) is 0.110. The fourth-order valence-electron chi connectivity index (χ4n) is 19.2. The highest BCUT2D eigenvalue weighted by Crippen LogP contribution is 2.46. The van der Waals surface area contributed by atoms with Gasteiger partial charge in [0, 0.05) is 74.9 Å². The number of halogens is 6. The summed E-state index contributed by atoms with van der Waals surface area (Å²) >= 11 is 13.6. The lowest BCUT2D eigenvalue weighted by atomic mass is 9.64. The van der Waals surface area contributed by atoms with Gasteiger partial charge in [-0.3, -0.25) is 0 Å². The highest BCUT2D eigenvalue weighted by Gasteiger charge is 2.57. The van der Waals surface area contributed by atoms with Gasteiger partial charge in [-0.05, 0) is 289 Å². The van der Waals surface area contributed by atoms with Crippen LogP contribution in [0.25, 0.3) is 137 Å². The number of hydrogen-bond donors (Lipinski definition) is 0. The zero-order valence-corrected chi connectivity index (χ0v) is 90.1. The number of rotatable bonds is 8. The van der Waals surface area contributed by atoms with E-state index in [4.69, 9.17) is 46.3 Å². The Labute approximate surface area is 909 Å².